The van der Waals surface area contributed by atoms with Gasteiger partial charge in [0.25, 0.3) is 0 Å². The Morgan fingerprint density at radius 1 is 1.06 bits per heavy atom. The van der Waals surface area contributed by atoms with Crippen LogP contribution in [0.5, 0.6) is 0 Å². The summed E-state index contributed by atoms with van der Waals surface area (Å²) in [5.74, 6) is 1.99. The van der Waals surface area contributed by atoms with Crippen molar-refractivity contribution in [2.24, 2.45) is 10.9 Å². The summed E-state index contributed by atoms with van der Waals surface area (Å²) in [6.07, 6.45) is 20.4. The smallest absolute Gasteiger partial charge is 0.225 e. The molecule has 0 bridgehead atoms. The topological polar surface area (TPSA) is 63.1 Å². The van der Waals surface area contributed by atoms with Gasteiger partial charge in [0.2, 0.25) is 11.8 Å². The van der Waals surface area contributed by atoms with Crippen molar-refractivity contribution < 1.29 is 9.47 Å². The molecule has 0 aromatic carbocycles. The third-order valence-electron chi connectivity index (χ3n) is 7.08. The van der Waals surface area contributed by atoms with Crippen LogP contribution < -0.4 is 4.90 Å². The second-order valence-corrected chi connectivity index (χ2v) is 9.34. The second-order valence-electron chi connectivity index (χ2n) is 9.34. The van der Waals surface area contributed by atoms with Crippen LogP contribution in [0.1, 0.15) is 37.7 Å². The molecule has 3 atom stereocenters. The number of likely N-dealkylation sites (tertiary alicyclic amines) is 1. The van der Waals surface area contributed by atoms with Gasteiger partial charge in [-0.05, 0) is 56.8 Å². The SMILES string of the molecule is COC1C=CC(c2cnc(N3CCC4N=C(OCCCN5CCCC5)C=CC4C3)nc2)=CC1. The Bertz CT molecular complexity index is 917. The number of aromatic nitrogens is 2. The molecule has 0 spiro atoms. The van der Waals surface area contributed by atoms with Crippen molar-refractivity contribution >= 4 is 17.4 Å². The van der Waals surface area contributed by atoms with E-state index in [2.05, 4.69) is 50.1 Å². The van der Waals surface area contributed by atoms with Crippen molar-refractivity contribution in [3.05, 3.63) is 48.3 Å². The quantitative estimate of drug-likeness (QED) is 0.594. The van der Waals surface area contributed by atoms with Crippen molar-refractivity contribution in [2.75, 3.05) is 51.3 Å². The van der Waals surface area contributed by atoms with Gasteiger partial charge in [0.1, 0.15) is 0 Å². The molecule has 7 nitrogen and oxygen atoms in total. The lowest BCUT2D eigenvalue weighted by Gasteiger charge is -2.37. The van der Waals surface area contributed by atoms with Gasteiger partial charge in [0.15, 0.2) is 0 Å². The molecule has 0 radical (unpaired) electrons. The van der Waals surface area contributed by atoms with E-state index >= 15 is 0 Å². The van der Waals surface area contributed by atoms with Crippen LogP contribution in [0.4, 0.5) is 5.95 Å². The van der Waals surface area contributed by atoms with Crippen LogP contribution >= 0.6 is 0 Å². The molecule has 7 heteroatoms. The third kappa shape index (κ3) is 5.53. The fourth-order valence-corrected chi connectivity index (χ4v) is 5.09. The average Bonchev–Trinajstić information content (AvgIpc) is 3.40. The van der Waals surface area contributed by atoms with Crippen LogP contribution in [0.2, 0.25) is 0 Å². The third-order valence-corrected chi connectivity index (χ3v) is 7.08. The number of nitrogens with zero attached hydrogens (tertiary/aromatic N) is 5. The number of hydrogen-bond donors (Lipinski definition) is 0. The zero-order chi connectivity index (χ0) is 22.5. The summed E-state index contributed by atoms with van der Waals surface area (Å²) in [6, 6.07) is 0.297. The van der Waals surface area contributed by atoms with Crippen LogP contribution in [0.25, 0.3) is 5.57 Å². The number of allylic oxidation sites excluding steroid dienone is 2. The number of methoxy groups -OCH3 is 1. The van der Waals surface area contributed by atoms with E-state index in [1.54, 1.807) is 7.11 Å². The molecule has 176 valence electrons. The monoisotopic (exact) mass is 449 g/mol. The Hall–Kier alpha value is -2.51. The first-order valence-electron chi connectivity index (χ1n) is 12.4. The Morgan fingerprint density at radius 2 is 1.91 bits per heavy atom. The van der Waals surface area contributed by atoms with E-state index in [4.69, 9.17) is 14.5 Å². The molecule has 0 amide bonds. The van der Waals surface area contributed by atoms with E-state index in [-0.39, 0.29) is 6.10 Å². The minimum atomic E-state index is 0.169. The molecule has 0 N–H and O–H groups in total. The number of ether oxygens (including phenoxy) is 2. The highest BCUT2D eigenvalue weighted by molar-refractivity contribution is 5.88. The Balaban J connectivity index is 1.10. The molecule has 33 heavy (non-hydrogen) atoms. The summed E-state index contributed by atoms with van der Waals surface area (Å²) >= 11 is 0. The first-order valence-corrected chi connectivity index (χ1v) is 12.4. The molecule has 3 unspecified atom stereocenters. The maximum absolute atomic E-state index is 5.97. The van der Waals surface area contributed by atoms with Gasteiger partial charge < -0.3 is 19.3 Å². The van der Waals surface area contributed by atoms with Crippen molar-refractivity contribution in [1.29, 1.82) is 0 Å². The second kappa shape index (κ2) is 10.6. The van der Waals surface area contributed by atoms with Gasteiger partial charge in [-0.1, -0.05) is 24.3 Å². The molecule has 4 aliphatic rings. The predicted molar refractivity (Wildman–Crippen MR) is 131 cm³/mol. The van der Waals surface area contributed by atoms with Gasteiger partial charge in [-0.3, -0.25) is 0 Å². The van der Waals surface area contributed by atoms with Gasteiger partial charge in [0, 0.05) is 50.6 Å². The van der Waals surface area contributed by atoms with Crippen molar-refractivity contribution in [2.45, 2.75) is 44.2 Å². The summed E-state index contributed by atoms with van der Waals surface area (Å²) in [7, 11) is 1.74. The molecule has 2 saturated heterocycles. The number of rotatable bonds is 7. The summed E-state index contributed by atoms with van der Waals surface area (Å²) in [5.41, 5.74) is 2.21. The van der Waals surface area contributed by atoms with Crippen LogP contribution in [0.3, 0.4) is 0 Å². The Labute approximate surface area is 196 Å². The molecule has 2 fully saturated rings. The first kappa shape index (κ1) is 22.3. The molecular weight excluding hydrogens is 414 g/mol. The minimum Gasteiger partial charge on any atom is -0.478 e. The van der Waals surface area contributed by atoms with E-state index in [1.165, 1.54) is 25.9 Å². The Morgan fingerprint density at radius 3 is 2.67 bits per heavy atom. The summed E-state index contributed by atoms with van der Waals surface area (Å²) in [4.78, 5) is 19.0. The number of aliphatic imine (C=N–C) groups is 1. The minimum absolute atomic E-state index is 0.169. The predicted octanol–water partition coefficient (Wildman–Crippen LogP) is 3.50. The maximum atomic E-state index is 5.97. The molecule has 3 aliphatic heterocycles. The molecule has 5 rings (SSSR count). The van der Waals surface area contributed by atoms with Gasteiger partial charge in [-0.15, -0.1) is 0 Å². The van der Waals surface area contributed by atoms with E-state index in [1.807, 2.05) is 12.4 Å². The lowest BCUT2D eigenvalue weighted by atomic mass is 9.91. The van der Waals surface area contributed by atoms with Crippen molar-refractivity contribution in [3.63, 3.8) is 0 Å². The maximum Gasteiger partial charge on any atom is 0.225 e. The number of hydrogen-bond acceptors (Lipinski definition) is 7. The van der Waals surface area contributed by atoms with Crippen molar-refractivity contribution in [3.8, 4) is 0 Å². The summed E-state index contributed by atoms with van der Waals surface area (Å²) < 4.78 is 11.3. The average molecular weight is 450 g/mol. The number of fused-ring (bicyclic) bond motifs is 1. The van der Waals surface area contributed by atoms with E-state index in [9.17, 15) is 0 Å². The fourth-order valence-electron chi connectivity index (χ4n) is 5.09. The number of piperidine rings is 1. The van der Waals surface area contributed by atoms with Gasteiger partial charge >= 0.3 is 0 Å². The molecular formula is C26H35N5O2. The first-order chi connectivity index (χ1) is 16.3. The van der Waals surface area contributed by atoms with Gasteiger partial charge in [-0.25, -0.2) is 15.0 Å². The highest BCUT2D eigenvalue weighted by Crippen LogP contribution is 2.28. The highest BCUT2D eigenvalue weighted by Gasteiger charge is 2.31. The normalized spacial score (nSPS) is 27.3. The zero-order valence-corrected chi connectivity index (χ0v) is 19.6. The van der Waals surface area contributed by atoms with Gasteiger partial charge in [-0.2, -0.15) is 0 Å². The summed E-state index contributed by atoms with van der Waals surface area (Å²) in [6.45, 7) is 6.19. The molecule has 1 aliphatic carbocycles. The van der Waals surface area contributed by atoms with Crippen LogP contribution in [-0.2, 0) is 9.47 Å². The molecule has 1 aromatic rings. The van der Waals surface area contributed by atoms with Crippen molar-refractivity contribution in [1.82, 2.24) is 14.9 Å². The van der Waals surface area contributed by atoms with Crippen LogP contribution in [-0.4, -0.2) is 79.4 Å². The molecule has 1 aromatic heterocycles. The number of anilines is 1. The van der Waals surface area contributed by atoms with E-state index in [0.29, 0.717) is 12.0 Å². The fraction of sp³-hybridized carbons (Fsp3) is 0.577. The largest absolute Gasteiger partial charge is 0.478 e. The van der Waals surface area contributed by atoms with Crippen LogP contribution in [0.15, 0.2) is 47.8 Å². The zero-order valence-electron chi connectivity index (χ0n) is 19.6. The summed E-state index contributed by atoms with van der Waals surface area (Å²) in [5, 5.41) is 0. The standard InChI is InChI=1S/C26H35N5O2/c1-32-23-8-5-20(6-9-23)22-17-27-26(28-18-22)31-15-11-24-21(19-31)7-10-25(29-24)33-16-4-14-30-12-2-3-13-30/h5-8,10,17-18,21,23-24H,2-4,9,11-16,19H2,1H3. The molecule has 0 saturated carbocycles. The van der Waals surface area contributed by atoms with Crippen LogP contribution in [0, 0.1) is 5.92 Å². The van der Waals surface area contributed by atoms with E-state index < -0.39 is 0 Å². The lowest BCUT2D eigenvalue weighted by Crippen LogP contribution is -2.44. The lowest BCUT2D eigenvalue weighted by molar-refractivity contribution is 0.143. The highest BCUT2D eigenvalue weighted by atomic mass is 16.5. The van der Waals surface area contributed by atoms with Gasteiger partial charge in [0.05, 0.1) is 18.8 Å². The Kier molecular flexibility index (Phi) is 7.17. The number of dihydropyridines is 1. The molecule has 4 heterocycles. The van der Waals surface area contributed by atoms with E-state index in [0.717, 1.165) is 68.5 Å².